The first-order valence-corrected chi connectivity index (χ1v) is 5.98. The van der Waals surface area contributed by atoms with Gasteiger partial charge in [-0.15, -0.1) is 0 Å². The van der Waals surface area contributed by atoms with Crippen molar-refractivity contribution in [2.24, 2.45) is 0 Å². The maximum absolute atomic E-state index is 10.4. The molecular weight excluding hydrogens is 192 g/mol. The first-order chi connectivity index (χ1) is 7.27. The van der Waals surface area contributed by atoms with Gasteiger partial charge in [-0.05, 0) is 25.7 Å². The van der Waals surface area contributed by atoms with E-state index >= 15 is 0 Å². The fraction of sp³-hybridized carbons (Fsp3) is 0.917. The van der Waals surface area contributed by atoms with Crippen LogP contribution in [0.25, 0.3) is 0 Å². The van der Waals surface area contributed by atoms with Gasteiger partial charge in [-0.2, -0.15) is 0 Å². The van der Waals surface area contributed by atoms with Crippen LogP contribution in [0.3, 0.4) is 0 Å². The normalized spacial score (nSPS) is 10.3. The lowest BCUT2D eigenvalue weighted by atomic mass is 10.2. The average Bonchev–Trinajstić information content (AvgIpc) is 2.20. The summed E-state index contributed by atoms with van der Waals surface area (Å²) in [4.78, 5) is 10.4. The van der Waals surface area contributed by atoms with Crippen LogP contribution in [0.5, 0.6) is 0 Å². The summed E-state index contributed by atoms with van der Waals surface area (Å²) >= 11 is 0. The number of carbonyl (C=O) groups excluding carboxylic acids is 1. The zero-order chi connectivity index (χ0) is 11.4. The van der Waals surface area contributed by atoms with E-state index in [0.29, 0.717) is 6.61 Å². The van der Waals surface area contributed by atoms with Crippen molar-refractivity contribution in [1.82, 2.24) is 0 Å². The second-order valence-corrected chi connectivity index (χ2v) is 3.72. The summed E-state index contributed by atoms with van der Waals surface area (Å²) in [5.74, 6) is -0.183. The molecule has 0 aromatic heterocycles. The first-order valence-electron chi connectivity index (χ1n) is 5.98. The molecule has 0 rings (SSSR count). The van der Waals surface area contributed by atoms with Gasteiger partial charge in [0, 0.05) is 20.1 Å². The molecule has 0 atom stereocenters. The van der Waals surface area contributed by atoms with Crippen LogP contribution < -0.4 is 0 Å². The molecule has 0 aromatic carbocycles. The van der Waals surface area contributed by atoms with E-state index in [1.54, 1.807) is 0 Å². The molecule has 0 bridgehead atoms. The van der Waals surface area contributed by atoms with E-state index in [9.17, 15) is 4.79 Å². The summed E-state index contributed by atoms with van der Waals surface area (Å²) in [6, 6.07) is 0. The lowest BCUT2D eigenvalue weighted by Crippen LogP contribution is -2.01. The number of hydrogen-bond acceptors (Lipinski definition) is 3. The maximum atomic E-state index is 10.4. The van der Waals surface area contributed by atoms with Crippen molar-refractivity contribution < 1.29 is 14.3 Å². The van der Waals surface area contributed by atoms with Crippen LogP contribution in [-0.4, -0.2) is 25.8 Å². The molecule has 0 heterocycles. The lowest BCUT2D eigenvalue weighted by molar-refractivity contribution is -0.141. The molecule has 3 nitrogen and oxygen atoms in total. The molecule has 0 saturated heterocycles. The molecule has 0 amide bonds. The number of ether oxygens (including phenoxy) is 2. The van der Waals surface area contributed by atoms with E-state index < -0.39 is 0 Å². The van der Waals surface area contributed by atoms with Gasteiger partial charge in [-0.1, -0.05) is 19.8 Å². The Morgan fingerprint density at radius 1 is 0.933 bits per heavy atom. The number of carbonyl (C=O) groups is 1. The van der Waals surface area contributed by atoms with E-state index in [1.807, 2.05) is 0 Å². The second-order valence-electron chi connectivity index (χ2n) is 3.72. The van der Waals surface area contributed by atoms with E-state index in [-0.39, 0.29) is 5.97 Å². The minimum absolute atomic E-state index is 0.183. The van der Waals surface area contributed by atoms with Crippen LogP contribution in [0, 0.1) is 0 Å². The van der Waals surface area contributed by atoms with Crippen LogP contribution in [0.1, 0.15) is 52.4 Å². The van der Waals surface area contributed by atoms with E-state index in [2.05, 4.69) is 6.92 Å². The Bertz CT molecular complexity index is 146. The minimum Gasteiger partial charge on any atom is -0.466 e. The summed E-state index contributed by atoms with van der Waals surface area (Å²) in [6.45, 7) is 5.93. The fourth-order valence-electron chi connectivity index (χ4n) is 1.22. The predicted molar refractivity (Wildman–Crippen MR) is 60.8 cm³/mol. The Morgan fingerprint density at radius 2 is 1.53 bits per heavy atom. The molecule has 15 heavy (non-hydrogen) atoms. The number of esters is 1. The molecule has 0 aliphatic heterocycles. The second kappa shape index (κ2) is 11.5. The van der Waals surface area contributed by atoms with Crippen molar-refractivity contribution >= 4 is 5.97 Å². The van der Waals surface area contributed by atoms with E-state index in [1.165, 1.54) is 13.3 Å². The standard InChI is InChI=1S/C12H24O3/c1-3-4-9-14-10-7-5-6-8-11-15-12(2)13/h3-11H2,1-2H3. The molecule has 0 aromatic rings. The minimum atomic E-state index is -0.183. The Hall–Kier alpha value is -0.570. The van der Waals surface area contributed by atoms with Gasteiger partial charge in [0.05, 0.1) is 6.61 Å². The summed E-state index contributed by atoms with van der Waals surface area (Å²) in [5.41, 5.74) is 0. The number of rotatable bonds is 10. The fourth-order valence-corrected chi connectivity index (χ4v) is 1.22. The Morgan fingerprint density at radius 3 is 2.13 bits per heavy atom. The van der Waals surface area contributed by atoms with Crippen LogP contribution in [-0.2, 0) is 14.3 Å². The first kappa shape index (κ1) is 14.4. The Balaban J connectivity index is 2.89. The monoisotopic (exact) mass is 216 g/mol. The largest absolute Gasteiger partial charge is 0.466 e. The van der Waals surface area contributed by atoms with Gasteiger partial charge in [0.15, 0.2) is 0 Å². The van der Waals surface area contributed by atoms with Crippen molar-refractivity contribution in [1.29, 1.82) is 0 Å². The maximum Gasteiger partial charge on any atom is 0.302 e. The third kappa shape index (κ3) is 13.4. The van der Waals surface area contributed by atoms with Gasteiger partial charge >= 0.3 is 5.97 Å². The molecule has 0 spiro atoms. The van der Waals surface area contributed by atoms with Crippen molar-refractivity contribution in [3.05, 3.63) is 0 Å². The molecule has 0 unspecified atom stereocenters. The zero-order valence-electron chi connectivity index (χ0n) is 10.1. The van der Waals surface area contributed by atoms with Crippen LogP contribution in [0.15, 0.2) is 0 Å². The van der Waals surface area contributed by atoms with Crippen molar-refractivity contribution in [3.8, 4) is 0 Å². The average molecular weight is 216 g/mol. The Kier molecular flexibility index (Phi) is 11.1. The third-order valence-corrected chi connectivity index (χ3v) is 2.13. The summed E-state index contributed by atoms with van der Waals surface area (Å²) in [7, 11) is 0. The highest BCUT2D eigenvalue weighted by atomic mass is 16.5. The summed E-state index contributed by atoms with van der Waals surface area (Å²) in [6.07, 6.45) is 6.71. The van der Waals surface area contributed by atoms with Crippen LogP contribution in [0.2, 0.25) is 0 Å². The van der Waals surface area contributed by atoms with E-state index in [4.69, 9.17) is 9.47 Å². The van der Waals surface area contributed by atoms with Crippen LogP contribution >= 0.6 is 0 Å². The predicted octanol–water partition coefficient (Wildman–Crippen LogP) is 2.93. The molecule has 3 heteroatoms. The highest BCUT2D eigenvalue weighted by molar-refractivity contribution is 5.65. The molecular formula is C12H24O3. The summed E-state index contributed by atoms with van der Waals surface area (Å²) < 4.78 is 10.3. The van der Waals surface area contributed by atoms with Gasteiger partial charge in [0.1, 0.15) is 0 Å². The number of hydrogen-bond donors (Lipinski definition) is 0. The molecule has 0 radical (unpaired) electrons. The smallest absolute Gasteiger partial charge is 0.302 e. The molecule has 0 N–H and O–H groups in total. The van der Waals surface area contributed by atoms with Gasteiger partial charge in [0.25, 0.3) is 0 Å². The van der Waals surface area contributed by atoms with Gasteiger partial charge in [-0.3, -0.25) is 4.79 Å². The molecule has 0 saturated carbocycles. The SMILES string of the molecule is CCCCOCCCCCCOC(C)=O. The quantitative estimate of drug-likeness (QED) is 0.416. The molecule has 0 aliphatic carbocycles. The van der Waals surface area contributed by atoms with Crippen molar-refractivity contribution in [2.75, 3.05) is 19.8 Å². The molecule has 90 valence electrons. The molecule has 0 fully saturated rings. The van der Waals surface area contributed by atoms with Crippen molar-refractivity contribution in [2.45, 2.75) is 52.4 Å². The zero-order valence-corrected chi connectivity index (χ0v) is 10.1. The highest BCUT2D eigenvalue weighted by Gasteiger charge is 1.93. The van der Waals surface area contributed by atoms with E-state index in [0.717, 1.165) is 45.3 Å². The Labute approximate surface area is 93.1 Å². The molecule has 0 aliphatic rings. The number of unbranched alkanes of at least 4 members (excludes halogenated alkanes) is 4. The lowest BCUT2D eigenvalue weighted by Gasteiger charge is -2.03. The highest BCUT2D eigenvalue weighted by Crippen LogP contribution is 2.01. The summed E-state index contributed by atoms with van der Waals surface area (Å²) in [5, 5.41) is 0. The topological polar surface area (TPSA) is 35.5 Å². The van der Waals surface area contributed by atoms with Gasteiger partial charge in [-0.25, -0.2) is 0 Å². The van der Waals surface area contributed by atoms with Crippen molar-refractivity contribution in [3.63, 3.8) is 0 Å². The van der Waals surface area contributed by atoms with Gasteiger partial charge < -0.3 is 9.47 Å². The van der Waals surface area contributed by atoms with Gasteiger partial charge in [0.2, 0.25) is 0 Å². The third-order valence-electron chi connectivity index (χ3n) is 2.13. The van der Waals surface area contributed by atoms with Crippen LogP contribution in [0.4, 0.5) is 0 Å².